The van der Waals surface area contributed by atoms with E-state index in [1.807, 2.05) is 30.6 Å². The second-order valence-electron chi connectivity index (χ2n) is 6.09. The molecular formula is C20H18N2OS. The molecule has 4 rings (SSSR count). The van der Waals surface area contributed by atoms with Crippen LogP contribution in [0.4, 0.5) is 5.00 Å². The van der Waals surface area contributed by atoms with Crippen molar-refractivity contribution in [2.45, 2.75) is 19.4 Å². The molecule has 1 aliphatic carbocycles. The summed E-state index contributed by atoms with van der Waals surface area (Å²) < 4.78 is 0. The molecule has 0 bridgehead atoms. The molecule has 2 heterocycles. The summed E-state index contributed by atoms with van der Waals surface area (Å²) in [5.74, 6) is 0.275. The molecule has 0 radical (unpaired) electrons. The smallest absolute Gasteiger partial charge is 0.166 e. The Morgan fingerprint density at radius 2 is 1.83 bits per heavy atom. The van der Waals surface area contributed by atoms with Crippen molar-refractivity contribution in [3.8, 4) is 10.4 Å². The van der Waals surface area contributed by atoms with E-state index < -0.39 is 0 Å². The third-order valence-electron chi connectivity index (χ3n) is 4.42. The van der Waals surface area contributed by atoms with Crippen LogP contribution in [0, 0.1) is 0 Å². The number of benzene rings is 1. The first-order valence-electron chi connectivity index (χ1n) is 8.08. The second-order valence-corrected chi connectivity index (χ2v) is 7.09. The zero-order valence-corrected chi connectivity index (χ0v) is 14.3. The summed E-state index contributed by atoms with van der Waals surface area (Å²) in [6, 6.07) is 14.4. The van der Waals surface area contributed by atoms with Crippen LogP contribution >= 0.6 is 11.3 Å². The maximum Gasteiger partial charge on any atom is 0.166 e. The molecule has 24 heavy (non-hydrogen) atoms. The number of nitrogens with zero attached hydrogens (tertiary/aromatic N) is 2. The number of hydrogen-bond acceptors (Lipinski definition) is 4. The number of aromatic nitrogens is 1. The Morgan fingerprint density at radius 3 is 2.58 bits per heavy atom. The minimum absolute atomic E-state index is 0.275. The first kappa shape index (κ1) is 15.1. The van der Waals surface area contributed by atoms with Crippen LogP contribution in [0.3, 0.4) is 0 Å². The summed E-state index contributed by atoms with van der Waals surface area (Å²) in [5, 5.41) is 1.09. The molecule has 0 saturated carbocycles. The molecule has 3 aromatic rings. The maximum atomic E-state index is 12.5. The Morgan fingerprint density at radius 1 is 1.08 bits per heavy atom. The van der Waals surface area contributed by atoms with Gasteiger partial charge in [-0.3, -0.25) is 9.78 Å². The topological polar surface area (TPSA) is 33.2 Å². The third-order valence-corrected chi connectivity index (χ3v) is 5.82. The second kappa shape index (κ2) is 6.21. The number of rotatable bonds is 4. The number of Topliss-reactive ketones (excluding diaryl/α,β-unsaturated/α-hetero) is 1. The van der Waals surface area contributed by atoms with E-state index >= 15 is 0 Å². The monoisotopic (exact) mass is 334 g/mol. The average molecular weight is 334 g/mol. The number of hydrogen-bond donors (Lipinski definition) is 0. The lowest BCUT2D eigenvalue weighted by atomic mass is 10.1. The number of fused-ring (bicyclic) bond motifs is 1. The summed E-state index contributed by atoms with van der Waals surface area (Å²) in [6.07, 6.45) is 5.10. The van der Waals surface area contributed by atoms with Gasteiger partial charge in [0, 0.05) is 37.3 Å². The highest BCUT2D eigenvalue weighted by Crippen LogP contribution is 2.46. The van der Waals surface area contributed by atoms with Crippen molar-refractivity contribution in [1.82, 2.24) is 4.98 Å². The summed E-state index contributed by atoms with van der Waals surface area (Å²) >= 11 is 1.72. The van der Waals surface area contributed by atoms with Crippen molar-refractivity contribution in [2.24, 2.45) is 0 Å². The number of thiophene rings is 1. The molecule has 0 N–H and O–H groups in total. The Bertz CT molecular complexity index is 871. The Kier molecular flexibility index (Phi) is 3.90. The quantitative estimate of drug-likeness (QED) is 0.700. The summed E-state index contributed by atoms with van der Waals surface area (Å²) in [7, 11) is 2.07. The Hall–Kier alpha value is -2.46. The number of carbonyl (C=O) groups is 1. The lowest BCUT2D eigenvalue weighted by Gasteiger charge is -2.18. The Balaban J connectivity index is 1.75. The van der Waals surface area contributed by atoms with Gasteiger partial charge >= 0.3 is 0 Å². The molecule has 0 unspecified atom stereocenters. The minimum atomic E-state index is 0.275. The molecule has 2 aromatic heterocycles. The van der Waals surface area contributed by atoms with Gasteiger partial charge in [0.25, 0.3) is 0 Å². The first-order valence-corrected chi connectivity index (χ1v) is 8.90. The number of pyridine rings is 1. The standard InChI is InChI=1S/C20H18N2OS/c1-22(13-14-5-3-2-4-6-14)20-18-16(7-8-17(18)23)19(24-20)15-9-11-21-12-10-15/h2-6,9-12H,7-8,13H2,1H3. The van der Waals surface area contributed by atoms with Crippen LogP contribution < -0.4 is 4.90 Å². The predicted molar refractivity (Wildman–Crippen MR) is 98.8 cm³/mol. The van der Waals surface area contributed by atoms with Gasteiger partial charge in [-0.2, -0.15) is 0 Å². The fraction of sp³-hybridized carbons (Fsp3) is 0.200. The van der Waals surface area contributed by atoms with E-state index in [9.17, 15) is 4.79 Å². The molecule has 0 amide bonds. The van der Waals surface area contributed by atoms with Crippen LogP contribution in [-0.4, -0.2) is 17.8 Å². The molecular weight excluding hydrogens is 316 g/mol. The van der Waals surface area contributed by atoms with Crippen molar-refractivity contribution in [1.29, 1.82) is 0 Å². The molecule has 1 aromatic carbocycles. The van der Waals surface area contributed by atoms with Gasteiger partial charge in [0.2, 0.25) is 0 Å². The summed E-state index contributed by atoms with van der Waals surface area (Å²) in [5.41, 5.74) is 4.55. The van der Waals surface area contributed by atoms with Crippen molar-refractivity contribution >= 4 is 22.1 Å². The first-order chi connectivity index (χ1) is 11.7. The van der Waals surface area contributed by atoms with Crippen LogP contribution in [0.1, 0.15) is 27.9 Å². The fourth-order valence-electron chi connectivity index (χ4n) is 3.28. The van der Waals surface area contributed by atoms with E-state index in [4.69, 9.17) is 0 Å². The van der Waals surface area contributed by atoms with Crippen LogP contribution in [0.5, 0.6) is 0 Å². The van der Waals surface area contributed by atoms with Crippen LogP contribution in [0.15, 0.2) is 54.9 Å². The highest BCUT2D eigenvalue weighted by atomic mass is 32.1. The van der Waals surface area contributed by atoms with Gasteiger partial charge in [-0.1, -0.05) is 30.3 Å². The van der Waals surface area contributed by atoms with Crippen LogP contribution in [0.25, 0.3) is 10.4 Å². The molecule has 0 saturated heterocycles. The lowest BCUT2D eigenvalue weighted by molar-refractivity contribution is 0.0995. The molecule has 1 aliphatic rings. The number of carbonyl (C=O) groups excluding carboxylic acids is 1. The summed E-state index contributed by atoms with van der Waals surface area (Å²) in [6.45, 7) is 0.802. The third kappa shape index (κ3) is 2.63. The lowest BCUT2D eigenvalue weighted by Crippen LogP contribution is -2.17. The molecule has 0 aliphatic heterocycles. The summed E-state index contributed by atoms with van der Waals surface area (Å²) in [4.78, 5) is 20.0. The van der Waals surface area contributed by atoms with Crippen molar-refractivity contribution in [2.75, 3.05) is 11.9 Å². The van der Waals surface area contributed by atoms with Crippen molar-refractivity contribution in [3.63, 3.8) is 0 Å². The molecule has 0 atom stereocenters. The van der Waals surface area contributed by atoms with Gasteiger partial charge in [-0.05, 0) is 35.2 Å². The van der Waals surface area contributed by atoms with Crippen molar-refractivity contribution in [3.05, 3.63) is 71.5 Å². The van der Waals surface area contributed by atoms with E-state index in [-0.39, 0.29) is 5.78 Å². The maximum absolute atomic E-state index is 12.5. The van der Waals surface area contributed by atoms with Gasteiger partial charge in [-0.15, -0.1) is 11.3 Å². The van der Waals surface area contributed by atoms with E-state index in [2.05, 4.69) is 41.2 Å². The highest BCUT2D eigenvalue weighted by molar-refractivity contribution is 7.20. The van der Waals surface area contributed by atoms with E-state index in [0.717, 1.165) is 29.1 Å². The minimum Gasteiger partial charge on any atom is -0.362 e. The largest absolute Gasteiger partial charge is 0.362 e. The van der Waals surface area contributed by atoms with Gasteiger partial charge in [0.05, 0.1) is 5.56 Å². The number of ketones is 1. The fourth-order valence-corrected chi connectivity index (χ4v) is 4.61. The molecule has 4 heteroatoms. The van der Waals surface area contributed by atoms with Crippen LogP contribution in [0.2, 0.25) is 0 Å². The zero-order valence-electron chi connectivity index (χ0n) is 13.5. The molecule has 120 valence electrons. The molecule has 3 nitrogen and oxygen atoms in total. The van der Waals surface area contributed by atoms with E-state index in [1.165, 1.54) is 16.0 Å². The van der Waals surface area contributed by atoms with Crippen molar-refractivity contribution < 1.29 is 4.79 Å². The zero-order chi connectivity index (χ0) is 16.5. The van der Waals surface area contributed by atoms with Gasteiger partial charge in [0.15, 0.2) is 5.78 Å². The Labute approximate surface area is 145 Å². The van der Waals surface area contributed by atoms with Gasteiger partial charge in [-0.25, -0.2) is 0 Å². The number of anilines is 1. The van der Waals surface area contributed by atoms with Gasteiger partial charge in [0.1, 0.15) is 5.00 Å². The SMILES string of the molecule is CN(Cc1ccccc1)c1sc(-c2ccncc2)c2c1C(=O)CC2. The van der Waals surface area contributed by atoms with Crippen LogP contribution in [-0.2, 0) is 13.0 Å². The van der Waals surface area contributed by atoms with E-state index in [1.54, 1.807) is 11.3 Å². The van der Waals surface area contributed by atoms with E-state index in [0.29, 0.717) is 6.42 Å². The normalized spacial score (nSPS) is 13.1. The predicted octanol–water partition coefficient (Wildman–Crippen LogP) is 4.58. The molecule has 0 spiro atoms. The highest BCUT2D eigenvalue weighted by Gasteiger charge is 2.30. The molecule has 0 fully saturated rings. The average Bonchev–Trinajstić information content (AvgIpc) is 3.18. The van der Waals surface area contributed by atoms with Gasteiger partial charge < -0.3 is 4.90 Å².